The van der Waals surface area contributed by atoms with Crippen LogP contribution in [0.1, 0.15) is 30.5 Å². The van der Waals surface area contributed by atoms with Crippen molar-refractivity contribution in [1.29, 1.82) is 0 Å². The molecule has 0 unspecified atom stereocenters. The minimum atomic E-state index is 0.762. The van der Waals surface area contributed by atoms with E-state index in [1.807, 2.05) is 17.5 Å². The van der Waals surface area contributed by atoms with E-state index in [0.717, 1.165) is 43.7 Å². The predicted molar refractivity (Wildman–Crippen MR) is 73.3 cm³/mol. The second-order valence-corrected chi connectivity index (χ2v) is 5.28. The number of aryl methyl sites for hydroxylation is 2. The van der Waals surface area contributed by atoms with E-state index in [0.29, 0.717) is 0 Å². The van der Waals surface area contributed by atoms with Crippen LogP contribution in [0.5, 0.6) is 0 Å². The molecule has 17 heavy (non-hydrogen) atoms. The molecule has 3 nitrogen and oxygen atoms in total. The van der Waals surface area contributed by atoms with Crippen molar-refractivity contribution in [2.24, 2.45) is 5.73 Å². The molecule has 2 aromatic heterocycles. The molecule has 4 heteroatoms. The first kappa shape index (κ1) is 12.3. The van der Waals surface area contributed by atoms with E-state index in [1.165, 1.54) is 9.75 Å². The largest absolute Gasteiger partial charge is 0.341 e. The van der Waals surface area contributed by atoms with E-state index in [4.69, 9.17) is 5.73 Å². The Morgan fingerprint density at radius 3 is 2.94 bits per heavy atom. The number of nitrogens with two attached hydrogens (primary N) is 1. The second-order valence-electron chi connectivity index (χ2n) is 4.11. The average Bonchev–Trinajstić information content (AvgIpc) is 2.97. The normalized spacial score (nSPS) is 10.9. The Morgan fingerprint density at radius 2 is 2.24 bits per heavy atom. The number of imidazole rings is 1. The topological polar surface area (TPSA) is 54.7 Å². The third-order valence-electron chi connectivity index (χ3n) is 2.77. The molecule has 0 saturated heterocycles. The standard InChI is InChI=1S/C13H19N3S/c1-2-10-6-7-12(17-10)11-9-15-13(16-11)5-3-4-8-14/h6-7,9H,2-5,8,14H2,1H3,(H,15,16). The molecule has 0 spiro atoms. The number of aromatic amines is 1. The summed E-state index contributed by atoms with van der Waals surface area (Å²) in [5, 5.41) is 0. The van der Waals surface area contributed by atoms with Gasteiger partial charge in [-0.3, -0.25) is 0 Å². The zero-order valence-electron chi connectivity index (χ0n) is 10.2. The van der Waals surface area contributed by atoms with Crippen molar-refractivity contribution in [2.45, 2.75) is 32.6 Å². The molecule has 0 fully saturated rings. The number of H-pyrrole nitrogens is 1. The lowest BCUT2D eigenvalue weighted by atomic mass is 10.2. The lowest BCUT2D eigenvalue weighted by Crippen LogP contribution is -1.99. The van der Waals surface area contributed by atoms with Crippen molar-refractivity contribution in [1.82, 2.24) is 9.97 Å². The molecule has 0 bridgehead atoms. The second kappa shape index (κ2) is 5.98. The first-order chi connectivity index (χ1) is 8.33. The molecule has 92 valence electrons. The van der Waals surface area contributed by atoms with Gasteiger partial charge in [0.15, 0.2) is 0 Å². The fourth-order valence-electron chi connectivity index (χ4n) is 1.76. The maximum absolute atomic E-state index is 5.48. The van der Waals surface area contributed by atoms with Gasteiger partial charge in [-0.1, -0.05) is 6.92 Å². The van der Waals surface area contributed by atoms with Crippen molar-refractivity contribution in [2.75, 3.05) is 6.54 Å². The Labute approximate surface area is 106 Å². The molecule has 0 radical (unpaired) electrons. The molecule has 0 aliphatic carbocycles. The average molecular weight is 249 g/mol. The van der Waals surface area contributed by atoms with Crippen LogP contribution in [0.4, 0.5) is 0 Å². The zero-order chi connectivity index (χ0) is 12.1. The summed E-state index contributed by atoms with van der Waals surface area (Å²) in [5.41, 5.74) is 6.61. The van der Waals surface area contributed by atoms with Crippen LogP contribution < -0.4 is 5.73 Å². The van der Waals surface area contributed by atoms with Gasteiger partial charge in [0, 0.05) is 11.3 Å². The SMILES string of the molecule is CCc1ccc(-c2cnc(CCCCN)[nH]2)s1. The lowest BCUT2D eigenvalue weighted by Gasteiger charge is -1.95. The van der Waals surface area contributed by atoms with Gasteiger partial charge in [-0.2, -0.15) is 0 Å². The van der Waals surface area contributed by atoms with Gasteiger partial charge in [0.05, 0.1) is 16.8 Å². The number of hydrogen-bond acceptors (Lipinski definition) is 3. The molecule has 0 atom stereocenters. The summed E-state index contributed by atoms with van der Waals surface area (Å²) in [6.07, 6.45) is 6.19. The first-order valence-corrected chi connectivity index (χ1v) is 6.98. The number of hydrogen-bond donors (Lipinski definition) is 2. The highest BCUT2D eigenvalue weighted by Gasteiger charge is 2.05. The molecule has 0 aliphatic heterocycles. The van der Waals surface area contributed by atoms with Crippen molar-refractivity contribution < 1.29 is 0 Å². The van der Waals surface area contributed by atoms with Crippen LogP contribution >= 0.6 is 11.3 Å². The molecule has 3 N–H and O–H groups in total. The smallest absolute Gasteiger partial charge is 0.106 e. The molecule has 2 rings (SSSR count). The molecule has 0 aliphatic rings. The monoisotopic (exact) mass is 249 g/mol. The van der Waals surface area contributed by atoms with E-state index in [9.17, 15) is 0 Å². The van der Waals surface area contributed by atoms with Gasteiger partial charge in [0.1, 0.15) is 5.82 Å². The molecular weight excluding hydrogens is 230 g/mol. The summed E-state index contributed by atoms with van der Waals surface area (Å²) in [4.78, 5) is 10.5. The predicted octanol–water partition coefficient (Wildman–Crippen LogP) is 2.98. The van der Waals surface area contributed by atoms with Gasteiger partial charge < -0.3 is 10.7 Å². The van der Waals surface area contributed by atoms with E-state index in [2.05, 4.69) is 29.0 Å². The van der Waals surface area contributed by atoms with Gasteiger partial charge in [0.2, 0.25) is 0 Å². The number of aromatic nitrogens is 2. The fraction of sp³-hybridized carbons (Fsp3) is 0.462. The third-order valence-corrected chi connectivity index (χ3v) is 4.03. The summed E-state index contributed by atoms with van der Waals surface area (Å²) < 4.78 is 0. The lowest BCUT2D eigenvalue weighted by molar-refractivity contribution is 0.723. The highest BCUT2D eigenvalue weighted by molar-refractivity contribution is 7.15. The van der Waals surface area contributed by atoms with Crippen LogP contribution in [0, 0.1) is 0 Å². The van der Waals surface area contributed by atoms with Gasteiger partial charge in [0.25, 0.3) is 0 Å². The summed E-state index contributed by atoms with van der Waals surface area (Å²) >= 11 is 1.84. The summed E-state index contributed by atoms with van der Waals surface area (Å²) in [5.74, 6) is 1.07. The minimum Gasteiger partial charge on any atom is -0.341 e. The van der Waals surface area contributed by atoms with Gasteiger partial charge in [-0.15, -0.1) is 11.3 Å². The van der Waals surface area contributed by atoms with Crippen LogP contribution in [0.15, 0.2) is 18.3 Å². The van der Waals surface area contributed by atoms with Crippen LogP contribution in [0.25, 0.3) is 10.6 Å². The van der Waals surface area contributed by atoms with Crippen LogP contribution in [0.2, 0.25) is 0 Å². The maximum Gasteiger partial charge on any atom is 0.106 e. The van der Waals surface area contributed by atoms with E-state index in [1.54, 1.807) is 0 Å². The van der Waals surface area contributed by atoms with Crippen molar-refractivity contribution in [3.8, 4) is 10.6 Å². The van der Waals surface area contributed by atoms with Crippen molar-refractivity contribution in [3.63, 3.8) is 0 Å². The molecular formula is C13H19N3S. The summed E-state index contributed by atoms with van der Waals surface area (Å²) in [6, 6.07) is 4.36. The highest BCUT2D eigenvalue weighted by Crippen LogP contribution is 2.27. The van der Waals surface area contributed by atoms with Crippen molar-refractivity contribution in [3.05, 3.63) is 29.0 Å². The Balaban J connectivity index is 2.02. The van der Waals surface area contributed by atoms with Crippen LogP contribution in [-0.2, 0) is 12.8 Å². The Kier molecular flexibility index (Phi) is 4.34. The Hall–Kier alpha value is -1.13. The van der Waals surface area contributed by atoms with E-state index >= 15 is 0 Å². The fourth-order valence-corrected chi connectivity index (χ4v) is 2.68. The molecule has 2 aromatic rings. The molecule has 0 aromatic carbocycles. The van der Waals surface area contributed by atoms with E-state index in [-0.39, 0.29) is 0 Å². The van der Waals surface area contributed by atoms with Crippen molar-refractivity contribution >= 4 is 11.3 Å². The van der Waals surface area contributed by atoms with Gasteiger partial charge in [-0.25, -0.2) is 4.98 Å². The number of thiophene rings is 1. The summed E-state index contributed by atoms with van der Waals surface area (Å²) in [6.45, 7) is 2.94. The maximum atomic E-state index is 5.48. The zero-order valence-corrected chi connectivity index (χ0v) is 11.0. The quantitative estimate of drug-likeness (QED) is 0.773. The Morgan fingerprint density at radius 1 is 1.35 bits per heavy atom. The summed E-state index contributed by atoms with van der Waals surface area (Å²) in [7, 11) is 0. The molecule has 0 amide bonds. The van der Waals surface area contributed by atoms with Crippen LogP contribution in [-0.4, -0.2) is 16.5 Å². The highest BCUT2D eigenvalue weighted by atomic mass is 32.1. The number of nitrogens with zero attached hydrogens (tertiary/aromatic N) is 1. The first-order valence-electron chi connectivity index (χ1n) is 6.16. The minimum absolute atomic E-state index is 0.762. The van der Waals surface area contributed by atoms with Gasteiger partial charge in [-0.05, 0) is 37.9 Å². The molecule has 2 heterocycles. The third kappa shape index (κ3) is 3.17. The number of unbranched alkanes of at least 4 members (excludes halogenated alkanes) is 1. The molecule has 0 saturated carbocycles. The Bertz CT molecular complexity index is 459. The number of rotatable bonds is 6. The van der Waals surface area contributed by atoms with Crippen LogP contribution in [0.3, 0.4) is 0 Å². The van der Waals surface area contributed by atoms with E-state index < -0.39 is 0 Å². The number of nitrogens with one attached hydrogen (secondary N) is 1. The van der Waals surface area contributed by atoms with Gasteiger partial charge >= 0.3 is 0 Å².